The summed E-state index contributed by atoms with van der Waals surface area (Å²) >= 11 is 0. The third kappa shape index (κ3) is 3.29. The van der Waals surface area contributed by atoms with Crippen LogP contribution >= 0.6 is 0 Å². The van der Waals surface area contributed by atoms with Crippen molar-refractivity contribution < 1.29 is 9.47 Å². The van der Waals surface area contributed by atoms with Crippen LogP contribution in [0.5, 0.6) is 11.5 Å². The van der Waals surface area contributed by atoms with Gasteiger partial charge in [0.05, 0.1) is 6.61 Å². The second-order valence-electron chi connectivity index (χ2n) is 4.09. The largest absolute Gasteiger partial charge is 0.490 e. The van der Waals surface area contributed by atoms with E-state index in [1.165, 1.54) is 0 Å². The Kier molecular flexibility index (Phi) is 3.39. The first-order chi connectivity index (χ1) is 6.53. The average molecular weight is 194 g/mol. The molecule has 0 fully saturated rings. The Labute approximate surface area is 85.8 Å². The van der Waals surface area contributed by atoms with Gasteiger partial charge in [0.15, 0.2) is 11.5 Å². The van der Waals surface area contributed by atoms with E-state index in [1.807, 2.05) is 52.0 Å². The van der Waals surface area contributed by atoms with E-state index in [2.05, 4.69) is 0 Å². The van der Waals surface area contributed by atoms with Crippen LogP contribution in [0.4, 0.5) is 0 Å². The van der Waals surface area contributed by atoms with Crippen molar-refractivity contribution in [3.8, 4) is 11.5 Å². The third-order valence-corrected chi connectivity index (χ3v) is 1.57. The highest BCUT2D eigenvalue weighted by molar-refractivity contribution is 5.39. The molecular weight excluding hydrogens is 176 g/mol. The molecule has 0 spiro atoms. The Bertz CT molecular complexity index is 287. The van der Waals surface area contributed by atoms with E-state index in [1.54, 1.807) is 0 Å². The molecule has 1 aromatic rings. The maximum atomic E-state index is 5.76. The summed E-state index contributed by atoms with van der Waals surface area (Å²) in [6.07, 6.45) is 0. The van der Waals surface area contributed by atoms with Gasteiger partial charge in [0.25, 0.3) is 0 Å². The van der Waals surface area contributed by atoms with Crippen molar-refractivity contribution in [3.63, 3.8) is 0 Å². The van der Waals surface area contributed by atoms with E-state index in [4.69, 9.17) is 9.47 Å². The topological polar surface area (TPSA) is 18.5 Å². The molecule has 0 atom stereocenters. The Hall–Kier alpha value is -1.18. The molecule has 0 saturated carbocycles. The fraction of sp³-hybridized carbons (Fsp3) is 0.500. The molecular formula is C12H18O2. The molecule has 0 saturated heterocycles. The molecule has 0 aliphatic carbocycles. The zero-order valence-corrected chi connectivity index (χ0v) is 9.33. The lowest BCUT2D eigenvalue weighted by Crippen LogP contribution is -2.23. The molecule has 0 heterocycles. The van der Waals surface area contributed by atoms with Crippen LogP contribution in [0.2, 0.25) is 0 Å². The molecule has 2 nitrogen and oxygen atoms in total. The van der Waals surface area contributed by atoms with Crippen LogP contribution in [0.3, 0.4) is 0 Å². The van der Waals surface area contributed by atoms with Gasteiger partial charge in [-0.25, -0.2) is 0 Å². The number of benzene rings is 1. The molecule has 0 radical (unpaired) electrons. The van der Waals surface area contributed by atoms with Gasteiger partial charge in [0.1, 0.15) is 5.60 Å². The van der Waals surface area contributed by atoms with Crippen LogP contribution in [-0.2, 0) is 0 Å². The quantitative estimate of drug-likeness (QED) is 0.735. The lowest BCUT2D eigenvalue weighted by atomic mass is 10.2. The van der Waals surface area contributed by atoms with Gasteiger partial charge in [-0.2, -0.15) is 0 Å². The zero-order chi connectivity index (χ0) is 10.6. The maximum absolute atomic E-state index is 5.76. The molecule has 2 heteroatoms. The van der Waals surface area contributed by atoms with E-state index in [0.717, 1.165) is 11.5 Å². The first-order valence-electron chi connectivity index (χ1n) is 4.94. The summed E-state index contributed by atoms with van der Waals surface area (Å²) in [5, 5.41) is 0. The van der Waals surface area contributed by atoms with Crippen molar-refractivity contribution in [1.29, 1.82) is 0 Å². The highest BCUT2D eigenvalue weighted by atomic mass is 16.5. The molecule has 0 N–H and O–H groups in total. The summed E-state index contributed by atoms with van der Waals surface area (Å²) in [7, 11) is 0. The van der Waals surface area contributed by atoms with Crippen LogP contribution in [0.15, 0.2) is 24.3 Å². The number of para-hydroxylation sites is 2. The predicted octanol–water partition coefficient (Wildman–Crippen LogP) is 3.26. The first kappa shape index (κ1) is 10.9. The monoisotopic (exact) mass is 194 g/mol. The summed E-state index contributed by atoms with van der Waals surface area (Å²) in [5.41, 5.74) is -0.187. The molecule has 0 aromatic heterocycles. The van der Waals surface area contributed by atoms with Gasteiger partial charge in [0.2, 0.25) is 0 Å². The van der Waals surface area contributed by atoms with Crippen LogP contribution in [-0.4, -0.2) is 12.2 Å². The van der Waals surface area contributed by atoms with Crippen LogP contribution in [0.25, 0.3) is 0 Å². The van der Waals surface area contributed by atoms with Crippen molar-refractivity contribution in [2.75, 3.05) is 6.61 Å². The molecule has 0 unspecified atom stereocenters. The Morgan fingerprint density at radius 3 is 2.14 bits per heavy atom. The van der Waals surface area contributed by atoms with Crippen molar-refractivity contribution >= 4 is 0 Å². The van der Waals surface area contributed by atoms with Gasteiger partial charge < -0.3 is 9.47 Å². The van der Waals surface area contributed by atoms with Crippen molar-refractivity contribution in [2.24, 2.45) is 0 Å². The van der Waals surface area contributed by atoms with E-state index < -0.39 is 0 Å². The van der Waals surface area contributed by atoms with E-state index >= 15 is 0 Å². The smallest absolute Gasteiger partial charge is 0.161 e. The first-order valence-corrected chi connectivity index (χ1v) is 4.94. The van der Waals surface area contributed by atoms with Gasteiger partial charge in [-0.1, -0.05) is 12.1 Å². The number of hydrogen-bond acceptors (Lipinski definition) is 2. The normalized spacial score (nSPS) is 11.1. The van der Waals surface area contributed by atoms with Crippen LogP contribution in [0, 0.1) is 0 Å². The number of rotatable bonds is 3. The van der Waals surface area contributed by atoms with E-state index in [-0.39, 0.29) is 5.60 Å². The summed E-state index contributed by atoms with van der Waals surface area (Å²) < 4.78 is 11.2. The number of ether oxygens (including phenoxy) is 2. The summed E-state index contributed by atoms with van der Waals surface area (Å²) in [6, 6.07) is 7.74. The predicted molar refractivity (Wildman–Crippen MR) is 58.0 cm³/mol. The number of hydrogen-bond donors (Lipinski definition) is 0. The van der Waals surface area contributed by atoms with Gasteiger partial charge in [-0.15, -0.1) is 0 Å². The van der Waals surface area contributed by atoms with Crippen molar-refractivity contribution in [2.45, 2.75) is 33.3 Å². The molecule has 0 bridgehead atoms. The molecule has 1 rings (SSSR count). The molecule has 1 aromatic carbocycles. The molecule has 0 amide bonds. The van der Waals surface area contributed by atoms with Gasteiger partial charge in [-0.05, 0) is 39.8 Å². The van der Waals surface area contributed by atoms with Gasteiger partial charge in [-0.3, -0.25) is 0 Å². The Morgan fingerprint density at radius 2 is 1.64 bits per heavy atom. The van der Waals surface area contributed by atoms with E-state index in [0.29, 0.717) is 6.61 Å². The lowest BCUT2D eigenvalue weighted by Gasteiger charge is -2.22. The van der Waals surface area contributed by atoms with Crippen molar-refractivity contribution in [1.82, 2.24) is 0 Å². The second-order valence-corrected chi connectivity index (χ2v) is 4.09. The average Bonchev–Trinajstić information content (AvgIpc) is 2.06. The SMILES string of the molecule is CCOc1ccccc1OC(C)(C)C. The highest BCUT2D eigenvalue weighted by Crippen LogP contribution is 2.29. The van der Waals surface area contributed by atoms with Gasteiger partial charge in [0, 0.05) is 0 Å². The Morgan fingerprint density at radius 1 is 1.07 bits per heavy atom. The summed E-state index contributed by atoms with van der Waals surface area (Å²) in [4.78, 5) is 0. The van der Waals surface area contributed by atoms with Crippen LogP contribution in [0.1, 0.15) is 27.7 Å². The minimum absolute atomic E-state index is 0.187. The molecule has 0 aliphatic heterocycles. The Balaban J connectivity index is 2.84. The maximum Gasteiger partial charge on any atom is 0.161 e. The highest BCUT2D eigenvalue weighted by Gasteiger charge is 2.14. The third-order valence-electron chi connectivity index (χ3n) is 1.57. The van der Waals surface area contributed by atoms with Gasteiger partial charge >= 0.3 is 0 Å². The minimum Gasteiger partial charge on any atom is -0.490 e. The van der Waals surface area contributed by atoms with E-state index in [9.17, 15) is 0 Å². The van der Waals surface area contributed by atoms with Crippen molar-refractivity contribution in [3.05, 3.63) is 24.3 Å². The fourth-order valence-corrected chi connectivity index (χ4v) is 1.14. The zero-order valence-electron chi connectivity index (χ0n) is 9.33. The fourth-order valence-electron chi connectivity index (χ4n) is 1.14. The molecule has 14 heavy (non-hydrogen) atoms. The summed E-state index contributed by atoms with van der Waals surface area (Å²) in [6.45, 7) is 8.69. The molecule has 78 valence electrons. The molecule has 0 aliphatic rings. The van der Waals surface area contributed by atoms with Crippen LogP contribution < -0.4 is 9.47 Å². The lowest BCUT2D eigenvalue weighted by molar-refractivity contribution is 0.124. The summed E-state index contributed by atoms with van der Waals surface area (Å²) in [5.74, 6) is 1.62. The minimum atomic E-state index is -0.187. The second kappa shape index (κ2) is 4.36. The standard InChI is InChI=1S/C12H18O2/c1-5-13-10-8-6-7-9-11(10)14-12(2,3)4/h6-9H,5H2,1-4H3.